The molecule has 2 rings (SSSR count). The third-order valence-corrected chi connectivity index (χ3v) is 6.08. The lowest BCUT2D eigenvalue weighted by atomic mass is 10.1. The molecule has 30 heavy (non-hydrogen) atoms. The summed E-state index contributed by atoms with van der Waals surface area (Å²) in [4.78, 5) is 7.35. The first kappa shape index (κ1) is 23.7. The van der Waals surface area contributed by atoms with E-state index >= 15 is 0 Å². The summed E-state index contributed by atoms with van der Waals surface area (Å²) >= 11 is 0. The van der Waals surface area contributed by atoms with E-state index in [0.29, 0.717) is 11.4 Å². The van der Waals surface area contributed by atoms with Gasteiger partial charge in [-0.05, 0) is 62.6 Å². The van der Waals surface area contributed by atoms with Crippen molar-refractivity contribution in [2.75, 3.05) is 37.3 Å². The average Bonchev–Trinajstić information content (AvgIpc) is 2.68. The number of hydrogen-bond acceptors (Lipinski definition) is 4. The molecule has 0 aliphatic rings. The van der Waals surface area contributed by atoms with E-state index < -0.39 is 9.84 Å². The van der Waals surface area contributed by atoms with E-state index in [1.807, 2.05) is 26.0 Å². The molecule has 0 bridgehead atoms. The molecule has 0 atom stereocenters. The Morgan fingerprint density at radius 1 is 1.07 bits per heavy atom. The predicted molar refractivity (Wildman–Crippen MR) is 126 cm³/mol. The van der Waals surface area contributed by atoms with Crippen LogP contribution in [-0.4, -0.2) is 46.8 Å². The maximum atomic E-state index is 11.8. The summed E-state index contributed by atoms with van der Waals surface area (Å²) in [5, 5.41) is 6.66. The highest BCUT2D eigenvalue weighted by molar-refractivity contribution is 7.90. The fourth-order valence-electron chi connectivity index (χ4n) is 3.34. The molecular formula is C23H34N4O2S. The first-order valence-corrected chi connectivity index (χ1v) is 12.3. The summed E-state index contributed by atoms with van der Waals surface area (Å²) in [6.07, 6.45) is 1.23. The highest BCUT2D eigenvalue weighted by Gasteiger charge is 2.11. The van der Waals surface area contributed by atoms with Crippen molar-refractivity contribution in [2.45, 2.75) is 39.1 Å². The largest absolute Gasteiger partial charge is 0.370 e. The Kier molecular flexibility index (Phi) is 8.72. The first-order chi connectivity index (χ1) is 14.2. The fraction of sp³-hybridized carbons (Fsp3) is 0.435. The van der Waals surface area contributed by atoms with E-state index in [2.05, 4.69) is 58.6 Å². The van der Waals surface area contributed by atoms with Crippen LogP contribution >= 0.6 is 0 Å². The maximum absolute atomic E-state index is 11.8. The lowest BCUT2D eigenvalue weighted by molar-refractivity contribution is 0.601. The topological polar surface area (TPSA) is 73.8 Å². The number of nitrogens with zero attached hydrogens (tertiary/aromatic N) is 2. The number of aryl methyl sites for hydroxylation is 2. The Balaban J connectivity index is 2.00. The van der Waals surface area contributed by atoms with E-state index in [1.54, 1.807) is 6.07 Å². The second-order valence-electron chi connectivity index (χ2n) is 7.41. The monoisotopic (exact) mass is 430 g/mol. The van der Waals surface area contributed by atoms with Crippen LogP contribution < -0.4 is 15.5 Å². The average molecular weight is 431 g/mol. The summed E-state index contributed by atoms with van der Waals surface area (Å²) in [7, 11) is -3.20. The molecule has 0 saturated heterocycles. The molecule has 2 aromatic carbocycles. The molecule has 2 N–H and O–H groups in total. The van der Waals surface area contributed by atoms with Crippen LogP contribution in [0.1, 0.15) is 30.5 Å². The van der Waals surface area contributed by atoms with Crippen molar-refractivity contribution in [3.05, 3.63) is 59.2 Å². The van der Waals surface area contributed by atoms with Crippen LogP contribution in [0.2, 0.25) is 0 Å². The lowest BCUT2D eigenvalue weighted by Crippen LogP contribution is -2.41. The number of guanidine groups is 1. The zero-order valence-electron chi connectivity index (χ0n) is 18.7. The molecule has 0 saturated carbocycles. The lowest BCUT2D eigenvalue weighted by Gasteiger charge is -2.24. The van der Waals surface area contributed by atoms with Gasteiger partial charge >= 0.3 is 0 Å². The molecule has 2 aromatic rings. The number of aliphatic imine (C=N–C) groups is 1. The van der Waals surface area contributed by atoms with Crippen molar-refractivity contribution in [2.24, 2.45) is 4.99 Å². The summed E-state index contributed by atoms with van der Waals surface area (Å²) in [6, 6.07) is 13.9. The third-order valence-electron chi connectivity index (χ3n) is 4.83. The first-order valence-electron chi connectivity index (χ1n) is 10.4. The van der Waals surface area contributed by atoms with Gasteiger partial charge in [0, 0.05) is 38.1 Å². The van der Waals surface area contributed by atoms with Crippen molar-refractivity contribution < 1.29 is 8.42 Å². The van der Waals surface area contributed by atoms with E-state index in [4.69, 9.17) is 0 Å². The van der Waals surface area contributed by atoms with Crippen LogP contribution in [-0.2, 0) is 16.4 Å². The predicted octanol–water partition coefficient (Wildman–Crippen LogP) is 3.29. The summed E-state index contributed by atoms with van der Waals surface area (Å²) in [5.74, 6) is 0.752. The molecular weight excluding hydrogens is 396 g/mol. The van der Waals surface area contributed by atoms with Crippen LogP contribution in [0.4, 0.5) is 5.69 Å². The molecule has 0 heterocycles. The Morgan fingerprint density at radius 3 is 2.43 bits per heavy atom. The number of likely N-dealkylation sites (N-methyl/N-ethyl adjacent to an activating group) is 1. The second kappa shape index (κ2) is 11.0. The second-order valence-corrected chi connectivity index (χ2v) is 9.40. The van der Waals surface area contributed by atoms with Gasteiger partial charge in [-0.1, -0.05) is 24.3 Å². The Morgan fingerprint density at radius 2 is 1.83 bits per heavy atom. The number of rotatable bonds is 9. The minimum absolute atomic E-state index is 0.371. The molecule has 0 aliphatic heterocycles. The highest BCUT2D eigenvalue weighted by atomic mass is 32.2. The van der Waals surface area contributed by atoms with Gasteiger partial charge in [0.15, 0.2) is 15.8 Å². The van der Waals surface area contributed by atoms with E-state index in [-0.39, 0.29) is 0 Å². The molecule has 6 nitrogen and oxygen atoms in total. The normalized spacial score (nSPS) is 12.0. The van der Waals surface area contributed by atoms with E-state index in [9.17, 15) is 8.42 Å². The van der Waals surface area contributed by atoms with Gasteiger partial charge in [0.05, 0.1) is 11.4 Å². The number of benzene rings is 2. The number of anilines is 1. The Labute approximate surface area is 181 Å². The van der Waals surface area contributed by atoms with Gasteiger partial charge in [0.2, 0.25) is 0 Å². The number of sulfone groups is 1. The minimum atomic E-state index is -3.20. The molecule has 0 aliphatic carbocycles. The molecule has 164 valence electrons. The smallest absolute Gasteiger partial charge is 0.191 e. The summed E-state index contributed by atoms with van der Waals surface area (Å²) in [6.45, 7) is 11.9. The molecule has 0 amide bonds. The maximum Gasteiger partial charge on any atom is 0.191 e. The van der Waals surface area contributed by atoms with Gasteiger partial charge < -0.3 is 15.5 Å². The van der Waals surface area contributed by atoms with Crippen molar-refractivity contribution in [3.63, 3.8) is 0 Å². The Bertz CT molecular complexity index is 971. The van der Waals surface area contributed by atoms with Crippen LogP contribution in [0.25, 0.3) is 0 Å². The van der Waals surface area contributed by atoms with Gasteiger partial charge in [0.25, 0.3) is 0 Å². The zero-order valence-corrected chi connectivity index (χ0v) is 19.5. The van der Waals surface area contributed by atoms with E-state index in [0.717, 1.165) is 43.3 Å². The molecule has 0 fully saturated rings. The van der Waals surface area contributed by atoms with E-state index in [1.165, 1.54) is 17.5 Å². The van der Waals surface area contributed by atoms with Crippen LogP contribution in [0.15, 0.2) is 52.4 Å². The van der Waals surface area contributed by atoms with Gasteiger partial charge in [-0.3, -0.25) is 0 Å². The SMILES string of the molecule is CCNC(=NCc1ccc(S(C)(=O)=O)c(C)c1)NCCN(CC)c1cccc(C)c1. The van der Waals surface area contributed by atoms with Crippen LogP contribution in [0, 0.1) is 13.8 Å². The third kappa shape index (κ3) is 7.06. The van der Waals surface area contributed by atoms with Crippen molar-refractivity contribution in [3.8, 4) is 0 Å². The van der Waals surface area contributed by atoms with Crippen molar-refractivity contribution >= 4 is 21.5 Å². The summed E-state index contributed by atoms with van der Waals surface area (Å²) < 4.78 is 23.6. The van der Waals surface area contributed by atoms with Gasteiger partial charge in [0.1, 0.15) is 0 Å². The van der Waals surface area contributed by atoms with Crippen LogP contribution in [0.5, 0.6) is 0 Å². The Hall–Kier alpha value is -2.54. The fourth-order valence-corrected chi connectivity index (χ4v) is 4.30. The molecule has 7 heteroatoms. The van der Waals surface area contributed by atoms with Gasteiger partial charge in [-0.15, -0.1) is 0 Å². The molecule has 0 aromatic heterocycles. The van der Waals surface area contributed by atoms with Gasteiger partial charge in [-0.25, -0.2) is 13.4 Å². The quantitative estimate of drug-likeness (QED) is 0.472. The number of hydrogen-bond donors (Lipinski definition) is 2. The molecule has 0 unspecified atom stereocenters. The van der Waals surface area contributed by atoms with Gasteiger partial charge in [-0.2, -0.15) is 0 Å². The number of nitrogens with one attached hydrogen (secondary N) is 2. The molecule has 0 radical (unpaired) electrons. The summed E-state index contributed by atoms with van der Waals surface area (Å²) in [5.41, 5.74) is 4.21. The van der Waals surface area contributed by atoms with Crippen molar-refractivity contribution in [1.82, 2.24) is 10.6 Å². The highest BCUT2D eigenvalue weighted by Crippen LogP contribution is 2.17. The standard InChI is InChI=1S/C23H34N4O2S/c1-6-24-23(25-13-14-27(7-2)21-10-8-9-18(3)15-21)26-17-20-11-12-22(19(4)16-20)30(5,28)29/h8-12,15-16H,6-7,13-14,17H2,1-5H3,(H2,24,25,26). The van der Waals surface area contributed by atoms with Crippen LogP contribution in [0.3, 0.4) is 0 Å². The minimum Gasteiger partial charge on any atom is -0.370 e. The molecule has 0 spiro atoms. The zero-order chi connectivity index (χ0) is 22.1. The van der Waals surface area contributed by atoms with Crippen molar-refractivity contribution in [1.29, 1.82) is 0 Å².